The van der Waals surface area contributed by atoms with Gasteiger partial charge in [0.25, 0.3) is 11.8 Å². The fourth-order valence-corrected chi connectivity index (χ4v) is 7.73. The number of aliphatic hydroxyl groups is 1. The smallest absolute Gasteiger partial charge is 0.264 e. The molecular weight excluding hydrogens is 599 g/mol. The molecule has 2 aromatic rings. The highest BCUT2D eigenvalue weighted by atomic mass is 32.2. The Kier molecular flexibility index (Phi) is 7.39. The number of hydrogen-bond donors (Lipinski definition) is 3. The molecule has 13 heteroatoms. The Balaban J connectivity index is 1.39. The van der Waals surface area contributed by atoms with Crippen molar-refractivity contribution in [2.24, 2.45) is 11.8 Å². The number of benzene rings is 2. The van der Waals surface area contributed by atoms with Crippen LogP contribution in [0.2, 0.25) is 0 Å². The van der Waals surface area contributed by atoms with Crippen LogP contribution in [-0.2, 0) is 29.8 Å². The van der Waals surface area contributed by atoms with E-state index < -0.39 is 74.7 Å². The van der Waals surface area contributed by atoms with Gasteiger partial charge in [0.05, 0.1) is 12.0 Å². The summed E-state index contributed by atoms with van der Waals surface area (Å²) in [7, 11) is -4.31. The van der Waals surface area contributed by atoms with Crippen LogP contribution >= 0.6 is 0 Å². The summed E-state index contributed by atoms with van der Waals surface area (Å²) in [5, 5.41) is 15.8. The quantitative estimate of drug-likeness (QED) is 0.431. The number of carbonyl (C=O) groups excluding carboxylic acids is 3. The second-order valence-corrected chi connectivity index (χ2v) is 14.1. The van der Waals surface area contributed by atoms with Gasteiger partial charge in [0, 0.05) is 42.3 Å². The molecule has 1 saturated carbocycles. The second-order valence-electron chi connectivity index (χ2n) is 12.1. The third-order valence-electron chi connectivity index (χ3n) is 9.39. The van der Waals surface area contributed by atoms with Crippen molar-refractivity contribution in [1.29, 1.82) is 0 Å². The van der Waals surface area contributed by atoms with E-state index in [9.17, 15) is 32.3 Å². The van der Waals surface area contributed by atoms with Gasteiger partial charge in [-0.3, -0.25) is 14.4 Å². The molecule has 0 unspecified atom stereocenters. The van der Waals surface area contributed by atoms with E-state index in [0.29, 0.717) is 36.4 Å². The fourth-order valence-electron chi connectivity index (χ4n) is 7.32. The lowest BCUT2D eigenvalue weighted by Crippen LogP contribution is -2.70. The van der Waals surface area contributed by atoms with E-state index in [-0.39, 0.29) is 36.3 Å². The number of nitrogens with zero attached hydrogens (tertiary/aromatic N) is 1. The highest BCUT2D eigenvalue weighted by Crippen LogP contribution is 2.53. The van der Waals surface area contributed by atoms with Crippen LogP contribution in [0.15, 0.2) is 59.8 Å². The molecule has 3 saturated heterocycles. The Bertz CT molecular complexity index is 1630. The molecule has 3 N–H and O–H groups in total. The second kappa shape index (κ2) is 10.7. The topological polar surface area (TPSA) is 133 Å². The van der Waals surface area contributed by atoms with E-state index >= 15 is 8.78 Å². The van der Waals surface area contributed by atoms with Crippen LogP contribution in [0.5, 0.6) is 0 Å². The van der Waals surface area contributed by atoms with Gasteiger partial charge in [-0.15, -0.1) is 0 Å². The first kappa shape index (κ1) is 30.3. The number of carbonyl (C=O) groups is 3. The standard InChI is InChI=1S/C31H32F3N3O6S/c1-44(42,43)25(32)15-18(14-17-12-13-35-27(17)38)36-28(39)26-24-11-10-19(16-30(24,33)34)37(26)29(40)31(41)22-8-4-2-6-20(22)21-7-3-5-9-23(21)31/h2-9,15,17-19,24,26,41H,10-14,16H2,1H3,(H,35,38)(H,36,39)/b25-15-/t17-,18+,19+,24+,26-/m0/s1. The summed E-state index contributed by atoms with van der Waals surface area (Å²) < 4.78 is 69.1. The van der Waals surface area contributed by atoms with Gasteiger partial charge in [-0.2, -0.15) is 4.39 Å². The zero-order chi connectivity index (χ0) is 31.6. The number of halogens is 3. The van der Waals surface area contributed by atoms with Crippen molar-refractivity contribution in [3.05, 3.63) is 70.9 Å². The molecule has 3 heterocycles. The summed E-state index contributed by atoms with van der Waals surface area (Å²) in [5.74, 6) is -7.94. The number of nitrogens with one attached hydrogen (secondary N) is 2. The predicted molar refractivity (Wildman–Crippen MR) is 153 cm³/mol. The van der Waals surface area contributed by atoms with E-state index in [1.54, 1.807) is 48.5 Å². The number of rotatable bonds is 7. The maximum absolute atomic E-state index is 15.4. The Morgan fingerprint density at radius 2 is 1.70 bits per heavy atom. The SMILES string of the molecule is CS(=O)(=O)/C(F)=C\[C@@H](C[C@@H]1CCNC1=O)NC(=O)[C@@H]1[C@H]2CC[C@H](CC2(F)F)N1C(=O)C1(O)c2ccccc2-c2ccccc21. The lowest BCUT2D eigenvalue weighted by Gasteiger charge is -2.55. The van der Waals surface area contributed by atoms with Crippen LogP contribution in [0, 0.1) is 11.8 Å². The molecule has 4 fully saturated rings. The summed E-state index contributed by atoms with van der Waals surface area (Å²) in [6.45, 7) is 0.338. The van der Waals surface area contributed by atoms with Gasteiger partial charge in [0.2, 0.25) is 26.8 Å². The van der Waals surface area contributed by atoms with Crippen LogP contribution in [0.4, 0.5) is 13.2 Å². The van der Waals surface area contributed by atoms with Gasteiger partial charge in [-0.1, -0.05) is 48.5 Å². The first-order valence-corrected chi connectivity index (χ1v) is 16.4. The first-order chi connectivity index (χ1) is 20.7. The van der Waals surface area contributed by atoms with Gasteiger partial charge < -0.3 is 20.6 Å². The summed E-state index contributed by atoms with van der Waals surface area (Å²) in [6.07, 6.45) is 0.872. The van der Waals surface area contributed by atoms with Gasteiger partial charge in [-0.25, -0.2) is 17.2 Å². The number of piperidine rings is 2. The molecule has 0 spiro atoms. The third kappa shape index (κ3) is 4.90. The Hall–Kier alpha value is -3.71. The molecular formula is C31H32F3N3O6S. The molecule has 234 valence electrons. The molecule has 5 aliphatic rings. The number of fused-ring (bicyclic) bond motifs is 6. The third-order valence-corrected chi connectivity index (χ3v) is 10.2. The minimum Gasteiger partial charge on any atom is -0.372 e. The zero-order valence-electron chi connectivity index (χ0n) is 23.8. The number of hydrogen-bond acceptors (Lipinski definition) is 6. The lowest BCUT2D eigenvalue weighted by molar-refractivity contribution is -0.201. The monoisotopic (exact) mass is 631 g/mol. The molecule has 5 atom stereocenters. The first-order valence-electron chi connectivity index (χ1n) is 14.5. The molecule has 0 radical (unpaired) electrons. The van der Waals surface area contributed by atoms with Crippen LogP contribution < -0.4 is 10.6 Å². The highest BCUT2D eigenvalue weighted by molar-refractivity contribution is 7.94. The van der Waals surface area contributed by atoms with Crippen LogP contribution in [0.1, 0.15) is 43.2 Å². The molecule has 7 rings (SSSR count). The van der Waals surface area contributed by atoms with Crippen molar-refractivity contribution < 1.29 is 41.1 Å². The van der Waals surface area contributed by atoms with Crippen molar-refractivity contribution in [3.8, 4) is 11.1 Å². The van der Waals surface area contributed by atoms with Crippen molar-refractivity contribution in [2.45, 2.75) is 61.8 Å². The largest absolute Gasteiger partial charge is 0.372 e. The average Bonchev–Trinajstić information content (AvgIpc) is 3.50. The summed E-state index contributed by atoms with van der Waals surface area (Å²) in [5.41, 5.74) is -0.529. The van der Waals surface area contributed by atoms with Crippen molar-refractivity contribution in [3.63, 3.8) is 0 Å². The average molecular weight is 632 g/mol. The van der Waals surface area contributed by atoms with Gasteiger partial charge in [0.1, 0.15) is 6.04 Å². The minimum atomic E-state index is -4.31. The molecule has 2 aliphatic carbocycles. The van der Waals surface area contributed by atoms with Gasteiger partial charge in [0.15, 0.2) is 5.60 Å². The van der Waals surface area contributed by atoms with Crippen molar-refractivity contribution in [1.82, 2.24) is 15.5 Å². The van der Waals surface area contributed by atoms with Crippen LogP contribution in [0.3, 0.4) is 0 Å². The summed E-state index contributed by atoms with van der Waals surface area (Å²) in [6, 6.07) is 9.27. The summed E-state index contributed by atoms with van der Waals surface area (Å²) in [4.78, 5) is 41.8. The molecule has 3 amide bonds. The number of amides is 3. The van der Waals surface area contributed by atoms with E-state index in [1.807, 2.05) is 0 Å². The van der Waals surface area contributed by atoms with Crippen molar-refractivity contribution >= 4 is 27.6 Å². The van der Waals surface area contributed by atoms with Crippen molar-refractivity contribution in [2.75, 3.05) is 12.8 Å². The Labute approximate surface area is 252 Å². The fraction of sp³-hybridized carbons (Fsp3) is 0.452. The van der Waals surface area contributed by atoms with Gasteiger partial charge in [-0.05, 0) is 42.9 Å². The van der Waals surface area contributed by atoms with E-state index in [0.717, 1.165) is 4.90 Å². The van der Waals surface area contributed by atoms with Crippen LogP contribution in [-0.4, -0.2) is 73.0 Å². The Morgan fingerprint density at radius 3 is 2.25 bits per heavy atom. The maximum Gasteiger partial charge on any atom is 0.264 e. The molecule has 9 nitrogen and oxygen atoms in total. The number of sulfone groups is 1. The predicted octanol–water partition coefficient (Wildman–Crippen LogP) is 2.78. The van der Waals surface area contributed by atoms with E-state index in [4.69, 9.17) is 0 Å². The Morgan fingerprint density at radius 1 is 1.09 bits per heavy atom. The molecule has 3 aliphatic heterocycles. The normalized spacial score (nSPS) is 27.3. The van der Waals surface area contributed by atoms with Gasteiger partial charge >= 0.3 is 0 Å². The molecule has 2 bridgehead atoms. The highest BCUT2D eigenvalue weighted by Gasteiger charge is 2.63. The summed E-state index contributed by atoms with van der Waals surface area (Å²) >= 11 is 0. The van der Waals surface area contributed by atoms with E-state index in [1.165, 1.54) is 0 Å². The molecule has 2 aromatic carbocycles. The lowest BCUT2D eigenvalue weighted by atomic mass is 9.70. The maximum atomic E-state index is 15.4. The minimum absolute atomic E-state index is 0.0750. The van der Waals surface area contributed by atoms with E-state index in [2.05, 4.69) is 10.6 Å². The van der Waals surface area contributed by atoms with Crippen LogP contribution in [0.25, 0.3) is 11.1 Å². The number of alkyl halides is 2. The molecule has 44 heavy (non-hydrogen) atoms. The molecule has 0 aromatic heterocycles. The zero-order valence-corrected chi connectivity index (χ0v) is 24.6.